The zero-order chi connectivity index (χ0) is 17.5. The zero-order valence-corrected chi connectivity index (χ0v) is 14.6. The molecule has 0 fully saturated rings. The summed E-state index contributed by atoms with van der Waals surface area (Å²) in [6.45, 7) is 5.84. The summed E-state index contributed by atoms with van der Waals surface area (Å²) in [5.74, 6) is 0. The molecule has 128 valence electrons. The van der Waals surface area contributed by atoms with E-state index >= 15 is 0 Å². The predicted molar refractivity (Wildman–Crippen MR) is 94.5 cm³/mol. The van der Waals surface area contributed by atoms with Crippen molar-refractivity contribution in [2.24, 2.45) is 0 Å². The summed E-state index contributed by atoms with van der Waals surface area (Å²) in [6.07, 6.45) is -0.511. The molecule has 1 aromatic heterocycles. The number of nitrogens with one attached hydrogen (secondary N) is 3. The van der Waals surface area contributed by atoms with Crippen LogP contribution in [0.4, 0.5) is 21.0 Å². The van der Waals surface area contributed by atoms with Crippen LogP contribution < -0.4 is 16.0 Å². The van der Waals surface area contributed by atoms with Crippen molar-refractivity contribution in [2.75, 3.05) is 17.2 Å². The molecular weight excluding hydrogens is 328 g/mol. The van der Waals surface area contributed by atoms with Gasteiger partial charge < -0.3 is 15.4 Å². The highest BCUT2D eigenvalue weighted by atomic mass is 32.1. The number of carbonyl (C=O) groups excluding carboxylic acids is 2. The number of thiazole rings is 1. The van der Waals surface area contributed by atoms with Crippen LogP contribution in [0.5, 0.6) is 0 Å². The molecule has 1 atom stereocenters. The maximum atomic E-state index is 12.0. The normalized spacial score (nSPS) is 11.5. The van der Waals surface area contributed by atoms with Crippen LogP contribution in [0.15, 0.2) is 29.6 Å². The van der Waals surface area contributed by atoms with E-state index in [1.54, 1.807) is 31.2 Å². The number of ether oxygens (including phenoxy) is 1. The highest BCUT2D eigenvalue weighted by molar-refractivity contribution is 7.09. The molecule has 0 aliphatic carbocycles. The lowest BCUT2D eigenvalue weighted by Crippen LogP contribution is -2.31. The summed E-state index contributed by atoms with van der Waals surface area (Å²) in [5.41, 5.74) is 2.14. The molecule has 3 amide bonds. The molecule has 2 rings (SSSR count). The van der Waals surface area contributed by atoms with Crippen molar-refractivity contribution in [3.05, 3.63) is 40.3 Å². The fraction of sp³-hybridized carbons (Fsp3) is 0.312. The third-order valence-corrected chi connectivity index (χ3v) is 4.16. The predicted octanol–water partition coefficient (Wildman–Crippen LogP) is 3.90. The van der Waals surface area contributed by atoms with Gasteiger partial charge in [-0.3, -0.25) is 5.32 Å². The molecule has 0 spiro atoms. The van der Waals surface area contributed by atoms with E-state index < -0.39 is 6.09 Å². The van der Waals surface area contributed by atoms with E-state index in [9.17, 15) is 9.59 Å². The molecule has 8 heteroatoms. The maximum Gasteiger partial charge on any atom is 0.411 e. The molecule has 7 nitrogen and oxygen atoms in total. The maximum absolute atomic E-state index is 12.0. The highest BCUT2D eigenvalue weighted by Crippen LogP contribution is 2.18. The molecule has 1 heterocycles. The first-order valence-corrected chi connectivity index (χ1v) is 8.39. The Kier molecular flexibility index (Phi) is 6.14. The lowest BCUT2D eigenvalue weighted by atomic mass is 10.3. The number of amides is 3. The number of nitrogens with zero attached hydrogens (tertiary/aromatic N) is 1. The van der Waals surface area contributed by atoms with Gasteiger partial charge in [0.05, 0.1) is 12.6 Å². The van der Waals surface area contributed by atoms with Crippen LogP contribution in [-0.2, 0) is 4.74 Å². The monoisotopic (exact) mass is 348 g/mol. The van der Waals surface area contributed by atoms with Gasteiger partial charge in [-0.25, -0.2) is 14.6 Å². The van der Waals surface area contributed by atoms with Crippen molar-refractivity contribution in [1.82, 2.24) is 10.3 Å². The second kappa shape index (κ2) is 8.30. The average Bonchev–Trinajstić information content (AvgIpc) is 2.96. The molecule has 0 saturated heterocycles. The summed E-state index contributed by atoms with van der Waals surface area (Å²) in [4.78, 5) is 27.7. The Labute approximate surface area is 144 Å². The van der Waals surface area contributed by atoms with Gasteiger partial charge >= 0.3 is 12.1 Å². The first-order valence-electron chi connectivity index (χ1n) is 7.51. The Balaban J connectivity index is 1.86. The minimum Gasteiger partial charge on any atom is -0.450 e. The first kappa shape index (κ1) is 17.7. The highest BCUT2D eigenvalue weighted by Gasteiger charge is 2.12. The van der Waals surface area contributed by atoms with Gasteiger partial charge in [0.25, 0.3) is 0 Å². The van der Waals surface area contributed by atoms with E-state index in [0.29, 0.717) is 18.0 Å². The van der Waals surface area contributed by atoms with Crippen molar-refractivity contribution < 1.29 is 14.3 Å². The SMILES string of the molecule is CCOC(=O)Nc1ccc(NC(=O)N[C@@H](C)c2nc(C)cs2)cc1. The Hall–Kier alpha value is -2.61. The number of anilines is 2. The smallest absolute Gasteiger partial charge is 0.411 e. The lowest BCUT2D eigenvalue weighted by molar-refractivity contribution is 0.168. The van der Waals surface area contributed by atoms with Gasteiger partial charge in [0.1, 0.15) is 5.01 Å². The Morgan fingerprint density at radius 1 is 1.21 bits per heavy atom. The average molecular weight is 348 g/mol. The molecule has 1 aromatic carbocycles. The van der Waals surface area contributed by atoms with Crippen LogP contribution in [0, 0.1) is 6.92 Å². The minimum atomic E-state index is -0.511. The van der Waals surface area contributed by atoms with Gasteiger partial charge in [-0.05, 0) is 45.0 Å². The van der Waals surface area contributed by atoms with Gasteiger partial charge in [-0.15, -0.1) is 11.3 Å². The van der Waals surface area contributed by atoms with Crippen molar-refractivity contribution in [2.45, 2.75) is 26.8 Å². The third-order valence-electron chi connectivity index (χ3n) is 3.02. The third kappa shape index (κ3) is 5.24. The van der Waals surface area contributed by atoms with Crippen LogP contribution in [0.3, 0.4) is 0 Å². The fourth-order valence-corrected chi connectivity index (χ4v) is 2.72. The quantitative estimate of drug-likeness (QED) is 0.764. The number of benzene rings is 1. The number of hydrogen-bond donors (Lipinski definition) is 3. The number of carbonyl (C=O) groups is 2. The second-order valence-electron chi connectivity index (χ2n) is 5.07. The number of aryl methyl sites for hydroxylation is 1. The molecule has 24 heavy (non-hydrogen) atoms. The topological polar surface area (TPSA) is 92.4 Å². The fourth-order valence-electron chi connectivity index (χ4n) is 1.92. The summed E-state index contributed by atoms with van der Waals surface area (Å²) >= 11 is 1.51. The van der Waals surface area contributed by atoms with Crippen LogP contribution in [0.1, 0.15) is 30.6 Å². The van der Waals surface area contributed by atoms with Gasteiger partial charge in [0, 0.05) is 22.4 Å². The van der Waals surface area contributed by atoms with Gasteiger partial charge in [0.15, 0.2) is 0 Å². The van der Waals surface area contributed by atoms with Crippen molar-refractivity contribution >= 4 is 34.8 Å². The zero-order valence-electron chi connectivity index (χ0n) is 13.8. The summed E-state index contributed by atoms with van der Waals surface area (Å²) in [5, 5.41) is 11.0. The van der Waals surface area contributed by atoms with Gasteiger partial charge in [-0.2, -0.15) is 0 Å². The van der Waals surface area contributed by atoms with E-state index in [1.165, 1.54) is 11.3 Å². The molecule has 0 radical (unpaired) electrons. The van der Waals surface area contributed by atoms with Crippen LogP contribution in [0.25, 0.3) is 0 Å². The van der Waals surface area contributed by atoms with Crippen molar-refractivity contribution in [1.29, 1.82) is 0 Å². The number of rotatable bonds is 5. The van der Waals surface area contributed by atoms with E-state index in [1.807, 2.05) is 19.2 Å². The van der Waals surface area contributed by atoms with E-state index in [4.69, 9.17) is 4.74 Å². The van der Waals surface area contributed by atoms with E-state index in [-0.39, 0.29) is 12.1 Å². The molecule has 0 aliphatic heterocycles. The minimum absolute atomic E-state index is 0.173. The molecular formula is C16H20N4O3S. The Morgan fingerprint density at radius 3 is 2.38 bits per heavy atom. The summed E-state index contributed by atoms with van der Waals surface area (Å²) in [7, 11) is 0. The largest absolute Gasteiger partial charge is 0.450 e. The Bertz CT molecular complexity index is 700. The second-order valence-corrected chi connectivity index (χ2v) is 5.96. The molecule has 0 saturated carbocycles. The molecule has 0 bridgehead atoms. The molecule has 0 unspecified atom stereocenters. The van der Waals surface area contributed by atoms with Crippen LogP contribution >= 0.6 is 11.3 Å². The van der Waals surface area contributed by atoms with E-state index in [0.717, 1.165) is 10.7 Å². The van der Waals surface area contributed by atoms with Crippen molar-refractivity contribution in [3.63, 3.8) is 0 Å². The first-order chi connectivity index (χ1) is 11.5. The molecule has 2 aromatic rings. The number of aromatic nitrogens is 1. The lowest BCUT2D eigenvalue weighted by Gasteiger charge is -2.13. The van der Waals surface area contributed by atoms with Crippen LogP contribution in [0.2, 0.25) is 0 Å². The number of hydrogen-bond acceptors (Lipinski definition) is 5. The molecule has 0 aliphatic rings. The van der Waals surface area contributed by atoms with E-state index in [2.05, 4.69) is 20.9 Å². The Morgan fingerprint density at radius 2 is 1.83 bits per heavy atom. The van der Waals surface area contributed by atoms with Gasteiger partial charge in [-0.1, -0.05) is 0 Å². The molecule has 3 N–H and O–H groups in total. The summed E-state index contributed by atoms with van der Waals surface area (Å²) in [6, 6.07) is 6.26. The van der Waals surface area contributed by atoms with Crippen molar-refractivity contribution in [3.8, 4) is 0 Å². The van der Waals surface area contributed by atoms with Gasteiger partial charge in [0.2, 0.25) is 0 Å². The van der Waals surface area contributed by atoms with Crippen LogP contribution in [-0.4, -0.2) is 23.7 Å². The summed E-state index contributed by atoms with van der Waals surface area (Å²) < 4.78 is 4.79. The number of urea groups is 1. The standard InChI is InChI=1S/C16H20N4O3S/c1-4-23-16(22)20-13-7-5-12(6-8-13)19-15(21)18-11(3)14-17-10(2)9-24-14/h5-9,11H,4H2,1-3H3,(H,20,22)(H2,18,19,21)/t11-/m0/s1.